The Kier molecular flexibility index (Phi) is 4.36. The maximum Gasteiger partial charge on any atom is 0.233 e. The van der Waals surface area contributed by atoms with Gasteiger partial charge >= 0.3 is 0 Å². The Hall–Kier alpha value is -0.940. The second-order valence-electron chi connectivity index (χ2n) is 6.26. The second-order valence-corrected chi connectivity index (χ2v) is 6.26. The minimum atomic E-state index is 0.0653. The van der Waals surface area contributed by atoms with E-state index in [-0.39, 0.29) is 12.0 Å². The molecule has 112 valence electrons. The number of rotatable bonds is 3. The molecule has 2 heterocycles. The third-order valence-electron chi connectivity index (χ3n) is 4.91. The molecule has 5 heteroatoms. The molecule has 1 saturated carbocycles. The van der Waals surface area contributed by atoms with Gasteiger partial charge in [-0.3, -0.25) is 0 Å². The number of hydrogen-bond donors (Lipinski definition) is 1. The van der Waals surface area contributed by atoms with E-state index in [2.05, 4.69) is 17.1 Å². The number of ether oxygens (including phenoxy) is 1. The number of aromatic nitrogens is 2. The zero-order valence-electron chi connectivity index (χ0n) is 12.3. The van der Waals surface area contributed by atoms with Crippen LogP contribution in [-0.4, -0.2) is 29.4 Å². The summed E-state index contributed by atoms with van der Waals surface area (Å²) >= 11 is 0. The molecule has 1 aliphatic carbocycles. The van der Waals surface area contributed by atoms with Gasteiger partial charge in [0.25, 0.3) is 0 Å². The van der Waals surface area contributed by atoms with Crippen molar-refractivity contribution in [3.8, 4) is 0 Å². The van der Waals surface area contributed by atoms with Gasteiger partial charge in [0.15, 0.2) is 5.82 Å². The molecule has 1 aromatic heterocycles. The smallest absolute Gasteiger partial charge is 0.233 e. The monoisotopic (exact) mass is 279 g/mol. The normalized spacial score (nSPS) is 35.1. The van der Waals surface area contributed by atoms with E-state index in [1.165, 1.54) is 32.1 Å². The fourth-order valence-corrected chi connectivity index (χ4v) is 3.47. The first kappa shape index (κ1) is 14.0. The zero-order chi connectivity index (χ0) is 13.9. The van der Waals surface area contributed by atoms with Crippen molar-refractivity contribution in [3.63, 3.8) is 0 Å². The van der Waals surface area contributed by atoms with Crippen molar-refractivity contribution in [2.45, 2.75) is 63.3 Å². The average Bonchev–Trinajstić information content (AvgIpc) is 2.97. The fourth-order valence-electron chi connectivity index (χ4n) is 3.47. The van der Waals surface area contributed by atoms with Gasteiger partial charge in [0.2, 0.25) is 5.89 Å². The molecule has 0 aromatic carbocycles. The van der Waals surface area contributed by atoms with Crippen LogP contribution in [0.15, 0.2) is 4.52 Å². The van der Waals surface area contributed by atoms with E-state index in [0.29, 0.717) is 18.4 Å². The standard InChI is InChI=1S/C15H25N3O2/c1-2-10-4-3-5-11(8-10)14-17-15(20-18-14)12-9-19-7-6-13(12)16/h10-13H,2-9,16H2,1H3. The van der Waals surface area contributed by atoms with E-state index >= 15 is 0 Å². The molecule has 4 atom stereocenters. The van der Waals surface area contributed by atoms with Crippen molar-refractivity contribution >= 4 is 0 Å². The van der Waals surface area contributed by atoms with E-state index in [4.69, 9.17) is 15.0 Å². The maximum atomic E-state index is 6.13. The summed E-state index contributed by atoms with van der Waals surface area (Å²) in [4.78, 5) is 4.64. The van der Waals surface area contributed by atoms with E-state index in [1.807, 2.05) is 0 Å². The van der Waals surface area contributed by atoms with Crippen molar-refractivity contribution in [2.24, 2.45) is 11.7 Å². The molecule has 2 fully saturated rings. The van der Waals surface area contributed by atoms with Gasteiger partial charge < -0.3 is 15.0 Å². The highest BCUT2D eigenvalue weighted by molar-refractivity contribution is 5.04. The van der Waals surface area contributed by atoms with Crippen LogP contribution in [0.5, 0.6) is 0 Å². The third kappa shape index (κ3) is 2.88. The van der Waals surface area contributed by atoms with Crippen LogP contribution in [-0.2, 0) is 4.74 Å². The Morgan fingerprint density at radius 3 is 3.00 bits per heavy atom. The van der Waals surface area contributed by atoms with E-state index < -0.39 is 0 Å². The molecule has 1 saturated heterocycles. The molecule has 4 unspecified atom stereocenters. The lowest BCUT2D eigenvalue weighted by atomic mass is 9.80. The summed E-state index contributed by atoms with van der Waals surface area (Å²) in [5.74, 6) is 2.90. The van der Waals surface area contributed by atoms with Gasteiger partial charge in [0.1, 0.15) is 0 Å². The third-order valence-corrected chi connectivity index (χ3v) is 4.91. The van der Waals surface area contributed by atoms with Crippen LogP contribution in [0.4, 0.5) is 0 Å². The lowest BCUT2D eigenvalue weighted by Crippen LogP contribution is -2.37. The Bertz CT molecular complexity index is 435. The topological polar surface area (TPSA) is 74.2 Å². The second kappa shape index (κ2) is 6.22. The zero-order valence-corrected chi connectivity index (χ0v) is 12.3. The largest absolute Gasteiger partial charge is 0.381 e. The molecule has 1 aromatic rings. The molecular formula is C15H25N3O2. The highest BCUT2D eigenvalue weighted by Crippen LogP contribution is 2.36. The first-order valence-corrected chi connectivity index (χ1v) is 7.94. The van der Waals surface area contributed by atoms with Crippen LogP contribution in [0.2, 0.25) is 0 Å². The lowest BCUT2D eigenvalue weighted by Gasteiger charge is -2.26. The van der Waals surface area contributed by atoms with Crippen molar-refractivity contribution in [1.82, 2.24) is 10.1 Å². The molecule has 3 rings (SSSR count). The molecule has 2 aliphatic rings. The fraction of sp³-hybridized carbons (Fsp3) is 0.867. The van der Waals surface area contributed by atoms with Gasteiger partial charge in [-0.05, 0) is 25.2 Å². The van der Waals surface area contributed by atoms with E-state index in [9.17, 15) is 0 Å². The Balaban J connectivity index is 1.69. The van der Waals surface area contributed by atoms with Crippen LogP contribution < -0.4 is 5.73 Å². The number of nitrogens with two attached hydrogens (primary N) is 1. The predicted octanol–water partition coefficient (Wildman–Crippen LogP) is 2.58. The van der Waals surface area contributed by atoms with Crippen LogP contribution >= 0.6 is 0 Å². The summed E-state index contributed by atoms with van der Waals surface area (Å²) in [6.07, 6.45) is 7.12. The molecule has 5 nitrogen and oxygen atoms in total. The summed E-state index contributed by atoms with van der Waals surface area (Å²) in [7, 11) is 0. The molecule has 0 spiro atoms. The summed E-state index contributed by atoms with van der Waals surface area (Å²) < 4.78 is 11.0. The molecule has 1 aliphatic heterocycles. The Morgan fingerprint density at radius 2 is 2.20 bits per heavy atom. The quantitative estimate of drug-likeness (QED) is 0.920. The molecule has 20 heavy (non-hydrogen) atoms. The summed E-state index contributed by atoms with van der Waals surface area (Å²) in [6.45, 7) is 3.61. The van der Waals surface area contributed by atoms with Crippen LogP contribution in [0.3, 0.4) is 0 Å². The van der Waals surface area contributed by atoms with Crippen molar-refractivity contribution < 1.29 is 9.26 Å². The van der Waals surface area contributed by atoms with Gasteiger partial charge in [0.05, 0.1) is 12.5 Å². The van der Waals surface area contributed by atoms with Crippen molar-refractivity contribution in [2.75, 3.05) is 13.2 Å². The Morgan fingerprint density at radius 1 is 1.30 bits per heavy atom. The van der Waals surface area contributed by atoms with Gasteiger partial charge in [-0.2, -0.15) is 4.98 Å². The van der Waals surface area contributed by atoms with E-state index in [0.717, 1.165) is 24.8 Å². The minimum Gasteiger partial charge on any atom is -0.381 e. The van der Waals surface area contributed by atoms with Crippen molar-refractivity contribution in [1.29, 1.82) is 0 Å². The number of nitrogens with zero attached hydrogens (tertiary/aromatic N) is 2. The molecule has 2 N–H and O–H groups in total. The first-order valence-electron chi connectivity index (χ1n) is 7.94. The maximum absolute atomic E-state index is 6.13. The first-order chi connectivity index (χ1) is 9.78. The van der Waals surface area contributed by atoms with Gasteiger partial charge in [0, 0.05) is 18.6 Å². The van der Waals surface area contributed by atoms with Gasteiger partial charge in [-0.15, -0.1) is 0 Å². The lowest BCUT2D eigenvalue weighted by molar-refractivity contribution is 0.0590. The molecule has 0 bridgehead atoms. The summed E-state index contributed by atoms with van der Waals surface area (Å²) in [6, 6.07) is 0.0757. The molecule has 0 radical (unpaired) electrons. The number of hydrogen-bond acceptors (Lipinski definition) is 5. The summed E-state index contributed by atoms with van der Waals surface area (Å²) in [5.41, 5.74) is 6.13. The molecular weight excluding hydrogens is 254 g/mol. The van der Waals surface area contributed by atoms with Gasteiger partial charge in [-0.25, -0.2) is 0 Å². The highest BCUT2D eigenvalue weighted by atomic mass is 16.5. The molecule has 0 amide bonds. The SMILES string of the molecule is CCC1CCCC(c2noc(C3COCCC3N)n2)C1. The van der Waals surface area contributed by atoms with Crippen LogP contribution in [0.1, 0.15) is 69.0 Å². The predicted molar refractivity (Wildman–Crippen MR) is 75.4 cm³/mol. The Labute approximate surface area is 120 Å². The highest BCUT2D eigenvalue weighted by Gasteiger charge is 2.31. The van der Waals surface area contributed by atoms with Crippen LogP contribution in [0.25, 0.3) is 0 Å². The minimum absolute atomic E-state index is 0.0653. The average molecular weight is 279 g/mol. The van der Waals surface area contributed by atoms with Gasteiger partial charge in [-0.1, -0.05) is 31.3 Å². The van der Waals surface area contributed by atoms with Crippen molar-refractivity contribution in [3.05, 3.63) is 11.7 Å². The summed E-state index contributed by atoms with van der Waals surface area (Å²) in [5, 5.41) is 4.22. The van der Waals surface area contributed by atoms with E-state index in [1.54, 1.807) is 0 Å². The van der Waals surface area contributed by atoms with Crippen LogP contribution in [0, 0.1) is 5.92 Å².